The van der Waals surface area contributed by atoms with Crippen LogP contribution in [0.5, 0.6) is 11.5 Å². The van der Waals surface area contributed by atoms with E-state index < -0.39 is 0 Å². The van der Waals surface area contributed by atoms with E-state index in [0.29, 0.717) is 43.4 Å². The zero-order chi connectivity index (χ0) is 19.9. The Balaban J connectivity index is 1.38. The number of rotatable bonds is 7. The van der Waals surface area contributed by atoms with Gasteiger partial charge in [-0.15, -0.1) is 0 Å². The molecule has 0 aliphatic carbocycles. The first-order valence-electron chi connectivity index (χ1n) is 9.16. The van der Waals surface area contributed by atoms with Gasteiger partial charge in [0.1, 0.15) is 11.5 Å². The molecule has 1 fully saturated rings. The number of hydrogen-bond acceptors (Lipinski definition) is 7. The summed E-state index contributed by atoms with van der Waals surface area (Å²) in [6.45, 7) is 2.97. The number of hydrogen-bond donors (Lipinski definition) is 1. The number of ether oxygens (including phenoxy) is 2. The van der Waals surface area contributed by atoms with Crippen molar-refractivity contribution >= 4 is 11.8 Å². The number of amides is 2. The minimum absolute atomic E-state index is 0.0281. The van der Waals surface area contributed by atoms with Crippen molar-refractivity contribution in [1.82, 2.24) is 20.4 Å². The van der Waals surface area contributed by atoms with Gasteiger partial charge in [0.15, 0.2) is 12.4 Å². The van der Waals surface area contributed by atoms with Crippen LogP contribution in [0, 0.1) is 12.8 Å². The molecular weight excluding hydrogens is 364 g/mol. The monoisotopic (exact) mass is 388 g/mol. The van der Waals surface area contributed by atoms with E-state index >= 15 is 0 Å². The van der Waals surface area contributed by atoms with E-state index in [0.717, 1.165) is 5.75 Å². The second kappa shape index (κ2) is 9.20. The molecule has 2 aromatic rings. The van der Waals surface area contributed by atoms with Gasteiger partial charge < -0.3 is 24.2 Å². The Hall–Kier alpha value is -3.10. The highest BCUT2D eigenvalue weighted by Gasteiger charge is 2.27. The largest absolute Gasteiger partial charge is 0.497 e. The first-order valence-corrected chi connectivity index (χ1v) is 9.16. The van der Waals surface area contributed by atoms with Crippen molar-refractivity contribution in [2.24, 2.45) is 5.92 Å². The summed E-state index contributed by atoms with van der Waals surface area (Å²) in [5.74, 6) is 1.99. The van der Waals surface area contributed by atoms with Gasteiger partial charge in [-0.05, 0) is 44.0 Å². The second-order valence-corrected chi connectivity index (χ2v) is 6.57. The van der Waals surface area contributed by atoms with Gasteiger partial charge >= 0.3 is 0 Å². The van der Waals surface area contributed by atoms with Gasteiger partial charge in [0, 0.05) is 19.0 Å². The lowest BCUT2D eigenvalue weighted by Gasteiger charge is -2.31. The third kappa shape index (κ3) is 5.21. The number of benzene rings is 1. The molecule has 0 bridgehead atoms. The number of methoxy groups -OCH3 is 1. The molecule has 3 rings (SSSR count). The number of carbonyl (C=O) groups excluding carboxylic acids is 2. The quantitative estimate of drug-likeness (QED) is 0.762. The fourth-order valence-electron chi connectivity index (χ4n) is 3.02. The molecule has 1 aliphatic rings. The Morgan fingerprint density at radius 2 is 1.89 bits per heavy atom. The van der Waals surface area contributed by atoms with Gasteiger partial charge in [-0.2, -0.15) is 4.98 Å². The molecule has 28 heavy (non-hydrogen) atoms. The SMILES string of the molecule is COc1ccc(OCC(=O)N2CCC(C(=O)NCc3nc(C)no3)CC2)cc1. The van der Waals surface area contributed by atoms with E-state index in [4.69, 9.17) is 14.0 Å². The first kappa shape index (κ1) is 19.7. The van der Waals surface area contributed by atoms with Crippen LogP contribution < -0.4 is 14.8 Å². The summed E-state index contributed by atoms with van der Waals surface area (Å²) >= 11 is 0. The van der Waals surface area contributed by atoms with Crippen molar-refractivity contribution in [3.63, 3.8) is 0 Å². The van der Waals surface area contributed by atoms with E-state index in [1.54, 1.807) is 43.2 Å². The molecule has 0 unspecified atom stereocenters. The molecule has 0 atom stereocenters. The van der Waals surface area contributed by atoms with Crippen LogP contribution in [0.3, 0.4) is 0 Å². The van der Waals surface area contributed by atoms with Crippen molar-refractivity contribution in [3.05, 3.63) is 36.0 Å². The van der Waals surface area contributed by atoms with E-state index in [1.165, 1.54) is 0 Å². The predicted molar refractivity (Wildman–Crippen MR) is 98.7 cm³/mol. The minimum atomic E-state index is -0.129. The van der Waals surface area contributed by atoms with Crippen LogP contribution in [-0.2, 0) is 16.1 Å². The number of carbonyl (C=O) groups is 2. The molecule has 0 spiro atoms. The Labute approximate surface area is 163 Å². The van der Waals surface area contributed by atoms with Gasteiger partial charge in [-0.1, -0.05) is 5.16 Å². The molecule has 1 N–H and O–H groups in total. The van der Waals surface area contributed by atoms with Crippen molar-refractivity contribution in [1.29, 1.82) is 0 Å². The topological polar surface area (TPSA) is 107 Å². The Bertz CT molecular complexity index is 797. The maximum Gasteiger partial charge on any atom is 0.260 e. The van der Waals surface area contributed by atoms with Gasteiger partial charge in [0.2, 0.25) is 11.8 Å². The summed E-state index contributed by atoms with van der Waals surface area (Å²) < 4.78 is 15.6. The number of aromatic nitrogens is 2. The summed E-state index contributed by atoms with van der Waals surface area (Å²) in [5, 5.41) is 6.49. The van der Waals surface area contributed by atoms with Crippen LogP contribution in [-0.4, -0.2) is 53.7 Å². The van der Waals surface area contributed by atoms with Crippen LogP contribution in [0.4, 0.5) is 0 Å². The summed E-state index contributed by atoms with van der Waals surface area (Å²) in [6.07, 6.45) is 1.23. The summed E-state index contributed by atoms with van der Waals surface area (Å²) in [6, 6.07) is 7.07. The molecule has 1 aromatic heterocycles. The van der Waals surface area contributed by atoms with Crippen LogP contribution in [0.25, 0.3) is 0 Å². The number of aryl methyl sites for hydroxylation is 1. The lowest BCUT2D eigenvalue weighted by atomic mass is 9.96. The molecule has 2 heterocycles. The lowest BCUT2D eigenvalue weighted by molar-refractivity contribution is -0.137. The average Bonchev–Trinajstić information content (AvgIpc) is 3.16. The standard InChI is InChI=1S/C19H24N4O5/c1-13-21-17(28-22-13)11-20-19(25)14-7-9-23(10-8-14)18(24)12-27-16-5-3-15(26-2)4-6-16/h3-6,14H,7-12H2,1-2H3,(H,20,25). The highest BCUT2D eigenvalue weighted by Crippen LogP contribution is 2.19. The third-order valence-electron chi connectivity index (χ3n) is 4.62. The number of nitrogens with zero attached hydrogens (tertiary/aromatic N) is 3. The fraction of sp³-hybridized carbons (Fsp3) is 0.474. The normalized spacial score (nSPS) is 14.6. The number of piperidine rings is 1. The van der Waals surface area contributed by atoms with Gasteiger partial charge in [-0.3, -0.25) is 9.59 Å². The number of likely N-dealkylation sites (tertiary alicyclic amines) is 1. The second-order valence-electron chi connectivity index (χ2n) is 6.57. The van der Waals surface area contributed by atoms with Crippen molar-refractivity contribution in [2.45, 2.75) is 26.3 Å². The first-order chi connectivity index (χ1) is 13.5. The highest BCUT2D eigenvalue weighted by atomic mass is 16.5. The number of nitrogens with one attached hydrogen (secondary N) is 1. The molecule has 0 radical (unpaired) electrons. The molecule has 9 nitrogen and oxygen atoms in total. The van der Waals surface area contributed by atoms with Gasteiger partial charge in [-0.25, -0.2) is 0 Å². The molecular formula is C19H24N4O5. The summed E-state index contributed by atoms with van der Waals surface area (Å²) in [4.78, 5) is 30.4. The Morgan fingerprint density at radius 1 is 1.21 bits per heavy atom. The van der Waals surface area contributed by atoms with E-state index in [2.05, 4.69) is 15.5 Å². The molecule has 1 aliphatic heterocycles. The Kier molecular flexibility index (Phi) is 6.46. The zero-order valence-electron chi connectivity index (χ0n) is 16.0. The lowest BCUT2D eigenvalue weighted by Crippen LogP contribution is -2.44. The van der Waals surface area contributed by atoms with E-state index in [1.807, 2.05) is 0 Å². The van der Waals surface area contributed by atoms with Crippen LogP contribution in [0.1, 0.15) is 24.6 Å². The average molecular weight is 388 g/mol. The van der Waals surface area contributed by atoms with Crippen LogP contribution in [0.15, 0.2) is 28.8 Å². The summed E-state index contributed by atoms with van der Waals surface area (Å²) in [5.41, 5.74) is 0. The van der Waals surface area contributed by atoms with Crippen LogP contribution in [0.2, 0.25) is 0 Å². The van der Waals surface area contributed by atoms with Gasteiger partial charge in [0.25, 0.3) is 5.91 Å². The highest BCUT2D eigenvalue weighted by molar-refractivity contribution is 5.80. The molecule has 2 amide bonds. The van der Waals surface area contributed by atoms with E-state index in [9.17, 15) is 9.59 Å². The molecule has 150 valence electrons. The zero-order valence-corrected chi connectivity index (χ0v) is 16.0. The molecule has 9 heteroatoms. The van der Waals surface area contributed by atoms with Crippen molar-refractivity contribution in [2.75, 3.05) is 26.8 Å². The smallest absolute Gasteiger partial charge is 0.260 e. The fourth-order valence-corrected chi connectivity index (χ4v) is 3.02. The maximum absolute atomic E-state index is 12.3. The third-order valence-corrected chi connectivity index (χ3v) is 4.62. The predicted octanol–water partition coefficient (Wildman–Crippen LogP) is 1.32. The van der Waals surface area contributed by atoms with Gasteiger partial charge in [0.05, 0.1) is 13.7 Å². The van der Waals surface area contributed by atoms with Crippen LogP contribution >= 0.6 is 0 Å². The van der Waals surface area contributed by atoms with Crippen molar-refractivity contribution < 1.29 is 23.6 Å². The van der Waals surface area contributed by atoms with Crippen molar-refractivity contribution in [3.8, 4) is 11.5 Å². The maximum atomic E-state index is 12.3. The minimum Gasteiger partial charge on any atom is -0.497 e. The molecule has 0 saturated carbocycles. The Morgan fingerprint density at radius 3 is 2.50 bits per heavy atom. The van der Waals surface area contributed by atoms with E-state index in [-0.39, 0.29) is 30.9 Å². The molecule has 1 saturated heterocycles. The molecule has 1 aromatic carbocycles. The summed E-state index contributed by atoms with van der Waals surface area (Å²) in [7, 11) is 1.59.